The van der Waals surface area contributed by atoms with Crippen LogP contribution < -0.4 is 9.47 Å². The topological polar surface area (TPSA) is 97.6 Å². The maximum Gasteiger partial charge on any atom is 0.191 e. The maximum absolute atomic E-state index is 10.3. The first-order valence-electron chi connectivity index (χ1n) is 8.19. The first kappa shape index (κ1) is 18.8. The molecular formula is C19H19N3O4S. The Hall–Kier alpha value is -3.00. The number of aromatic nitrogens is 3. The first-order valence-corrected chi connectivity index (χ1v) is 9.18. The molecule has 0 bridgehead atoms. The quantitative estimate of drug-likeness (QED) is 0.619. The van der Waals surface area contributed by atoms with Crippen LogP contribution in [0.3, 0.4) is 0 Å². The molecule has 2 N–H and O–H groups in total. The number of nitrogens with zero attached hydrogens (tertiary/aromatic N) is 3. The number of phenols is 2. The second-order valence-electron chi connectivity index (χ2n) is 5.46. The fourth-order valence-electron chi connectivity index (χ4n) is 2.45. The van der Waals surface area contributed by atoms with E-state index in [1.165, 1.54) is 38.1 Å². The van der Waals surface area contributed by atoms with Crippen LogP contribution in [0.1, 0.15) is 6.92 Å². The molecule has 2 aromatic carbocycles. The average molecular weight is 385 g/mol. The van der Waals surface area contributed by atoms with Crippen LogP contribution >= 0.6 is 11.8 Å². The van der Waals surface area contributed by atoms with Crippen molar-refractivity contribution in [2.45, 2.75) is 12.1 Å². The number of phenolic OH excluding ortho intramolecular Hbond substituents is 2. The van der Waals surface area contributed by atoms with Crippen molar-refractivity contribution in [2.24, 2.45) is 0 Å². The predicted molar refractivity (Wildman–Crippen MR) is 104 cm³/mol. The molecule has 0 aliphatic carbocycles. The van der Waals surface area contributed by atoms with Gasteiger partial charge >= 0.3 is 0 Å². The van der Waals surface area contributed by atoms with Gasteiger partial charge in [0.1, 0.15) is 23.0 Å². The highest BCUT2D eigenvalue weighted by Gasteiger charge is 2.16. The van der Waals surface area contributed by atoms with Gasteiger partial charge in [0.15, 0.2) is 16.8 Å². The first-order chi connectivity index (χ1) is 13.0. The van der Waals surface area contributed by atoms with E-state index in [-0.39, 0.29) is 11.5 Å². The molecule has 3 aromatic rings. The van der Waals surface area contributed by atoms with Crippen LogP contribution in [0.5, 0.6) is 23.0 Å². The predicted octanol–water partition coefficient (Wildman–Crippen LogP) is 3.75. The maximum atomic E-state index is 10.3. The number of ether oxygens (including phenoxy) is 2. The lowest BCUT2D eigenvalue weighted by Gasteiger charge is -2.10. The zero-order valence-electron chi connectivity index (χ0n) is 15.1. The number of thioether (sulfide) groups is 1. The van der Waals surface area contributed by atoms with Gasteiger partial charge in [0.2, 0.25) is 0 Å². The van der Waals surface area contributed by atoms with Crippen molar-refractivity contribution in [1.29, 1.82) is 0 Å². The fraction of sp³-hybridized carbons (Fsp3) is 0.211. The van der Waals surface area contributed by atoms with E-state index in [1.54, 1.807) is 24.3 Å². The third-order valence-corrected chi connectivity index (χ3v) is 4.51. The molecule has 0 saturated carbocycles. The SMILES string of the molecule is CCSc1nc(-c2ccc(OC)cc2O)nc(-c2ccc(OC)cc2O)n1. The number of hydrogen-bond donors (Lipinski definition) is 2. The van der Waals surface area contributed by atoms with E-state index in [9.17, 15) is 10.2 Å². The van der Waals surface area contributed by atoms with Crippen molar-refractivity contribution in [1.82, 2.24) is 15.0 Å². The Balaban J connectivity index is 2.14. The minimum absolute atomic E-state index is 0.00194. The van der Waals surface area contributed by atoms with E-state index < -0.39 is 0 Å². The number of methoxy groups -OCH3 is 2. The van der Waals surface area contributed by atoms with Crippen LogP contribution in [0.25, 0.3) is 22.8 Å². The van der Waals surface area contributed by atoms with Gasteiger partial charge in [-0.25, -0.2) is 15.0 Å². The van der Waals surface area contributed by atoms with Crippen molar-refractivity contribution in [2.75, 3.05) is 20.0 Å². The molecule has 0 atom stereocenters. The lowest BCUT2D eigenvalue weighted by atomic mass is 10.1. The largest absolute Gasteiger partial charge is 0.507 e. The van der Waals surface area contributed by atoms with Crippen molar-refractivity contribution in [3.8, 4) is 45.8 Å². The van der Waals surface area contributed by atoms with Gasteiger partial charge in [0, 0.05) is 12.1 Å². The summed E-state index contributed by atoms with van der Waals surface area (Å²) in [5.74, 6) is 2.45. The molecule has 0 aliphatic heterocycles. The number of aromatic hydroxyl groups is 2. The summed E-state index contributed by atoms with van der Waals surface area (Å²) < 4.78 is 10.2. The van der Waals surface area contributed by atoms with Crippen molar-refractivity contribution in [3.63, 3.8) is 0 Å². The smallest absolute Gasteiger partial charge is 0.191 e. The minimum atomic E-state index is -0.00194. The van der Waals surface area contributed by atoms with E-state index in [1.807, 2.05) is 6.92 Å². The number of rotatable bonds is 6. The Bertz CT molecular complexity index is 894. The van der Waals surface area contributed by atoms with E-state index in [4.69, 9.17) is 9.47 Å². The third kappa shape index (κ3) is 4.06. The van der Waals surface area contributed by atoms with E-state index in [0.29, 0.717) is 39.4 Å². The summed E-state index contributed by atoms with van der Waals surface area (Å²) in [6.07, 6.45) is 0. The summed E-state index contributed by atoms with van der Waals surface area (Å²) in [4.78, 5) is 13.3. The van der Waals surface area contributed by atoms with Crippen LogP contribution in [-0.4, -0.2) is 45.1 Å². The van der Waals surface area contributed by atoms with Gasteiger partial charge in [-0.05, 0) is 30.0 Å². The summed E-state index contributed by atoms with van der Waals surface area (Å²) in [7, 11) is 3.05. The molecule has 27 heavy (non-hydrogen) atoms. The van der Waals surface area contributed by atoms with Gasteiger partial charge in [-0.1, -0.05) is 18.7 Å². The van der Waals surface area contributed by atoms with Crippen LogP contribution in [0, 0.1) is 0 Å². The molecule has 7 nitrogen and oxygen atoms in total. The summed E-state index contributed by atoms with van der Waals surface area (Å²) in [6.45, 7) is 1.99. The van der Waals surface area contributed by atoms with E-state index in [2.05, 4.69) is 15.0 Å². The summed E-state index contributed by atoms with van der Waals surface area (Å²) >= 11 is 1.45. The van der Waals surface area contributed by atoms with Crippen molar-refractivity contribution in [3.05, 3.63) is 36.4 Å². The molecule has 0 spiro atoms. The molecule has 0 unspecified atom stereocenters. The number of benzene rings is 2. The average Bonchev–Trinajstić information content (AvgIpc) is 2.67. The molecule has 0 fully saturated rings. The van der Waals surface area contributed by atoms with Gasteiger partial charge in [-0.15, -0.1) is 0 Å². The number of hydrogen-bond acceptors (Lipinski definition) is 8. The van der Waals surface area contributed by atoms with Gasteiger partial charge in [-0.3, -0.25) is 0 Å². The molecule has 0 saturated heterocycles. The minimum Gasteiger partial charge on any atom is -0.507 e. The summed E-state index contributed by atoms with van der Waals surface area (Å²) in [6, 6.07) is 9.79. The Morgan fingerprint density at radius 2 is 1.30 bits per heavy atom. The van der Waals surface area contributed by atoms with Gasteiger partial charge in [0.05, 0.1) is 25.3 Å². The highest BCUT2D eigenvalue weighted by atomic mass is 32.2. The van der Waals surface area contributed by atoms with Crippen LogP contribution in [-0.2, 0) is 0 Å². The van der Waals surface area contributed by atoms with Gasteiger partial charge in [-0.2, -0.15) is 0 Å². The van der Waals surface area contributed by atoms with Crippen LogP contribution in [0.2, 0.25) is 0 Å². The monoisotopic (exact) mass is 385 g/mol. The highest BCUT2D eigenvalue weighted by molar-refractivity contribution is 7.99. The molecule has 1 aromatic heterocycles. The molecular weight excluding hydrogens is 366 g/mol. The molecule has 0 amide bonds. The second-order valence-corrected chi connectivity index (χ2v) is 6.70. The molecule has 140 valence electrons. The zero-order valence-corrected chi connectivity index (χ0v) is 15.9. The van der Waals surface area contributed by atoms with E-state index >= 15 is 0 Å². The van der Waals surface area contributed by atoms with Gasteiger partial charge in [0.25, 0.3) is 0 Å². The van der Waals surface area contributed by atoms with Gasteiger partial charge < -0.3 is 19.7 Å². The zero-order chi connectivity index (χ0) is 19.4. The molecule has 8 heteroatoms. The lowest BCUT2D eigenvalue weighted by molar-refractivity contribution is 0.408. The Morgan fingerprint density at radius 1 is 0.815 bits per heavy atom. The Morgan fingerprint density at radius 3 is 1.67 bits per heavy atom. The molecule has 0 radical (unpaired) electrons. The second kappa shape index (κ2) is 8.13. The summed E-state index contributed by atoms with van der Waals surface area (Å²) in [5.41, 5.74) is 0.899. The standard InChI is InChI=1S/C19H19N3O4S/c1-4-27-19-21-17(13-7-5-11(25-2)9-15(13)23)20-18(22-19)14-8-6-12(26-3)10-16(14)24/h5-10,23-24H,4H2,1-3H3. The van der Waals surface area contributed by atoms with Crippen molar-refractivity contribution < 1.29 is 19.7 Å². The molecule has 0 aliphatic rings. The van der Waals surface area contributed by atoms with Crippen LogP contribution in [0.15, 0.2) is 41.6 Å². The van der Waals surface area contributed by atoms with Crippen LogP contribution in [0.4, 0.5) is 0 Å². The molecule has 3 rings (SSSR count). The third-order valence-electron chi connectivity index (χ3n) is 3.78. The van der Waals surface area contributed by atoms with E-state index in [0.717, 1.165) is 5.75 Å². The molecule has 1 heterocycles. The normalized spacial score (nSPS) is 10.6. The Kier molecular flexibility index (Phi) is 5.66. The van der Waals surface area contributed by atoms with Crippen molar-refractivity contribution >= 4 is 11.8 Å². The summed E-state index contributed by atoms with van der Waals surface area (Å²) in [5, 5.41) is 21.2. The lowest BCUT2D eigenvalue weighted by Crippen LogP contribution is -2.00. The Labute approximate surface area is 161 Å². The highest BCUT2D eigenvalue weighted by Crippen LogP contribution is 2.35. The fourth-order valence-corrected chi connectivity index (χ4v) is 3.01.